The monoisotopic (exact) mass is 268 g/mol. The van der Waals surface area contributed by atoms with Gasteiger partial charge in [-0.05, 0) is 26.0 Å². The molecule has 2 rings (SSSR count). The van der Waals surface area contributed by atoms with Crippen LogP contribution >= 0.6 is 11.8 Å². The van der Waals surface area contributed by atoms with Crippen LogP contribution < -0.4 is 5.32 Å². The van der Waals surface area contributed by atoms with Gasteiger partial charge in [-0.15, -0.1) is 11.8 Å². The van der Waals surface area contributed by atoms with Crippen molar-refractivity contribution < 1.29 is 4.39 Å². The molecule has 1 heterocycles. The molecule has 0 spiro atoms. The molecule has 1 aromatic carbocycles. The summed E-state index contributed by atoms with van der Waals surface area (Å²) >= 11 is 1.61. The van der Waals surface area contributed by atoms with E-state index in [1.54, 1.807) is 17.8 Å². The highest BCUT2D eigenvalue weighted by molar-refractivity contribution is 7.99. The average molecular weight is 268 g/mol. The molecule has 1 aliphatic heterocycles. The summed E-state index contributed by atoms with van der Waals surface area (Å²) in [6, 6.07) is 8.13. The third-order valence-corrected chi connectivity index (χ3v) is 4.39. The van der Waals surface area contributed by atoms with Gasteiger partial charge in [0.05, 0.1) is 0 Å². The van der Waals surface area contributed by atoms with Crippen LogP contribution in [0.25, 0.3) is 0 Å². The Labute approximate surface area is 113 Å². The quantitative estimate of drug-likeness (QED) is 0.845. The summed E-state index contributed by atoms with van der Waals surface area (Å²) in [5.41, 5.74) is 0. The standard InChI is InChI=1S/C14H21FN2S/c1-11-10-17(12(2)9-16-11)7-8-18-14-6-4-3-5-13(14)15/h3-6,11-12,16H,7-10H2,1-2H3. The average Bonchev–Trinajstić information content (AvgIpc) is 2.36. The van der Waals surface area contributed by atoms with Crippen molar-refractivity contribution in [3.63, 3.8) is 0 Å². The third kappa shape index (κ3) is 3.70. The second kappa shape index (κ2) is 6.55. The Morgan fingerprint density at radius 3 is 2.94 bits per heavy atom. The predicted octanol–water partition coefficient (Wildman–Crippen LogP) is 2.60. The zero-order valence-corrected chi connectivity index (χ0v) is 11.8. The second-order valence-corrected chi connectivity index (χ2v) is 6.07. The van der Waals surface area contributed by atoms with Gasteiger partial charge in [-0.3, -0.25) is 4.90 Å². The second-order valence-electron chi connectivity index (χ2n) is 4.93. The summed E-state index contributed by atoms with van der Waals surface area (Å²) in [6.07, 6.45) is 0. The molecule has 0 radical (unpaired) electrons. The molecule has 1 aliphatic rings. The fraction of sp³-hybridized carbons (Fsp3) is 0.571. The van der Waals surface area contributed by atoms with Crippen LogP contribution in [0.15, 0.2) is 29.2 Å². The topological polar surface area (TPSA) is 15.3 Å². The van der Waals surface area contributed by atoms with Crippen molar-refractivity contribution in [2.45, 2.75) is 30.8 Å². The lowest BCUT2D eigenvalue weighted by Crippen LogP contribution is -2.54. The molecule has 2 unspecified atom stereocenters. The van der Waals surface area contributed by atoms with Gasteiger partial charge in [-0.2, -0.15) is 0 Å². The zero-order valence-electron chi connectivity index (χ0n) is 11.0. The number of rotatable bonds is 4. The van der Waals surface area contributed by atoms with E-state index >= 15 is 0 Å². The van der Waals surface area contributed by atoms with E-state index in [9.17, 15) is 4.39 Å². The van der Waals surface area contributed by atoms with E-state index in [4.69, 9.17) is 0 Å². The molecule has 0 amide bonds. The number of nitrogens with one attached hydrogen (secondary N) is 1. The van der Waals surface area contributed by atoms with E-state index in [0.29, 0.717) is 12.1 Å². The van der Waals surface area contributed by atoms with Gasteiger partial charge in [0.25, 0.3) is 0 Å². The minimum atomic E-state index is -0.107. The maximum atomic E-state index is 13.4. The highest BCUT2D eigenvalue weighted by atomic mass is 32.2. The molecule has 2 atom stereocenters. The van der Waals surface area contributed by atoms with E-state index in [0.717, 1.165) is 30.3 Å². The molecule has 1 aromatic rings. The highest BCUT2D eigenvalue weighted by Crippen LogP contribution is 2.21. The number of piperazine rings is 1. The number of benzene rings is 1. The first-order valence-electron chi connectivity index (χ1n) is 6.51. The van der Waals surface area contributed by atoms with Crippen LogP contribution in [-0.2, 0) is 0 Å². The first kappa shape index (κ1) is 13.8. The highest BCUT2D eigenvalue weighted by Gasteiger charge is 2.21. The van der Waals surface area contributed by atoms with Crippen molar-refractivity contribution in [1.29, 1.82) is 0 Å². The molecule has 2 nitrogen and oxygen atoms in total. The van der Waals surface area contributed by atoms with E-state index in [2.05, 4.69) is 24.1 Å². The van der Waals surface area contributed by atoms with Crippen LogP contribution in [0.4, 0.5) is 4.39 Å². The summed E-state index contributed by atoms with van der Waals surface area (Å²) < 4.78 is 13.4. The molecule has 18 heavy (non-hydrogen) atoms. The van der Waals surface area contributed by atoms with Gasteiger partial charge < -0.3 is 5.32 Å². The van der Waals surface area contributed by atoms with Crippen molar-refractivity contribution in [1.82, 2.24) is 10.2 Å². The van der Waals surface area contributed by atoms with Crippen LogP contribution in [0.5, 0.6) is 0 Å². The predicted molar refractivity (Wildman–Crippen MR) is 75.6 cm³/mol. The molecule has 0 bridgehead atoms. The lowest BCUT2D eigenvalue weighted by molar-refractivity contribution is 0.156. The zero-order chi connectivity index (χ0) is 13.0. The van der Waals surface area contributed by atoms with Crippen LogP contribution in [0.2, 0.25) is 0 Å². The number of nitrogens with zero attached hydrogens (tertiary/aromatic N) is 1. The molecule has 0 aromatic heterocycles. The lowest BCUT2D eigenvalue weighted by atomic mass is 10.1. The fourth-order valence-corrected chi connectivity index (χ4v) is 3.17. The molecule has 100 valence electrons. The number of halogens is 1. The molecular weight excluding hydrogens is 247 g/mol. The first-order chi connectivity index (χ1) is 8.66. The van der Waals surface area contributed by atoms with Gasteiger partial charge in [0.1, 0.15) is 5.82 Å². The summed E-state index contributed by atoms with van der Waals surface area (Å²) in [7, 11) is 0. The van der Waals surface area contributed by atoms with E-state index in [1.807, 2.05) is 12.1 Å². The Morgan fingerprint density at radius 2 is 2.17 bits per heavy atom. The van der Waals surface area contributed by atoms with Crippen LogP contribution in [0.1, 0.15) is 13.8 Å². The summed E-state index contributed by atoms with van der Waals surface area (Å²) in [5, 5.41) is 3.47. The Balaban J connectivity index is 1.79. The van der Waals surface area contributed by atoms with E-state index in [-0.39, 0.29) is 5.82 Å². The van der Waals surface area contributed by atoms with Crippen molar-refractivity contribution in [2.24, 2.45) is 0 Å². The van der Waals surface area contributed by atoms with Crippen LogP contribution in [0, 0.1) is 5.82 Å². The number of hydrogen-bond donors (Lipinski definition) is 1. The maximum absolute atomic E-state index is 13.4. The van der Waals surface area contributed by atoms with Crippen molar-refractivity contribution in [2.75, 3.05) is 25.4 Å². The van der Waals surface area contributed by atoms with Gasteiger partial charge in [0, 0.05) is 42.4 Å². The van der Waals surface area contributed by atoms with Crippen LogP contribution in [0.3, 0.4) is 0 Å². The number of thioether (sulfide) groups is 1. The molecule has 0 aliphatic carbocycles. The Kier molecular flexibility index (Phi) is 5.03. The van der Waals surface area contributed by atoms with Gasteiger partial charge in [-0.1, -0.05) is 12.1 Å². The van der Waals surface area contributed by atoms with E-state index < -0.39 is 0 Å². The van der Waals surface area contributed by atoms with Gasteiger partial charge in [0.2, 0.25) is 0 Å². The number of hydrogen-bond acceptors (Lipinski definition) is 3. The summed E-state index contributed by atoms with van der Waals surface area (Å²) in [6.45, 7) is 7.60. The van der Waals surface area contributed by atoms with Gasteiger partial charge in [-0.25, -0.2) is 4.39 Å². The van der Waals surface area contributed by atoms with Crippen molar-refractivity contribution >= 4 is 11.8 Å². The van der Waals surface area contributed by atoms with E-state index in [1.165, 1.54) is 6.07 Å². The maximum Gasteiger partial charge on any atom is 0.136 e. The molecule has 0 saturated carbocycles. The smallest absolute Gasteiger partial charge is 0.136 e. The Hall–Kier alpha value is -0.580. The fourth-order valence-electron chi connectivity index (χ4n) is 2.24. The lowest BCUT2D eigenvalue weighted by Gasteiger charge is -2.37. The molecule has 1 saturated heterocycles. The molecule has 1 fully saturated rings. The summed E-state index contributed by atoms with van der Waals surface area (Å²) in [5.74, 6) is 0.835. The Morgan fingerprint density at radius 1 is 1.39 bits per heavy atom. The Bertz CT molecular complexity index is 386. The SMILES string of the molecule is CC1CN(CCSc2ccccc2F)C(C)CN1. The molecule has 1 N–H and O–H groups in total. The summed E-state index contributed by atoms with van der Waals surface area (Å²) in [4.78, 5) is 3.24. The molecule has 4 heteroatoms. The minimum absolute atomic E-state index is 0.107. The van der Waals surface area contributed by atoms with Crippen molar-refractivity contribution in [3.05, 3.63) is 30.1 Å². The normalized spacial score (nSPS) is 25.3. The van der Waals surface area contributed by atoms with Crippen molar-refractivity contribution in [3.8, 4) is 0 Å². The largest absolute Gasteiger partial charge is 0.311 e. The molecular formula is C14H21FN2S. The minimum Gasteiger partial charge on any atom is -0.311 e. The first-order valence-corrected chi connectivity index (χ1v) is 7.50. The van der Waals surface area contributed by atoms with Gasteiger partial charge >= 0.3 is 0 Å². The van der Waals surface area contributed by atoms with Gasteiger partial charge in [0.15, 0.2) is 0 Å². The van der Waals surface area contributed by atoms with Crippen LogP contribution in [-0.4, -0.2) is 42.4 Å². The third-order valence-electron chi connectivity index (χ3n) is 3.37.